The van der Waals surface area contributed by atoms with Gasteiger partial charge in [0.15, 0.2) is 6.10 Å². The normalized spacial score (nSPS) is 12.9. The van der Waals surface area contributed by atoms with Gasteiger partial charge in [0.2, 0.25) is 0 Å². The molecule has 0 bridgehead atoms. The molecule has 0 saturated heterocycles. The highest BCUT2D eigenvalue weighted by Crippen LogP contribution is 2.16. The van der Waals surface area contributed by atoms with Crippen LogP contribution in [0.4, 0.5) is 0 Å². The molecule has 468 valence electrons. The minimum atomic E-state index is -0.811. The Balaban J connectivity index is 4.34. The number of unbranched alkanes of at least 4 members (excludes halogenated alkanes) is 31. The zero-order chi connectivity index (χ0) is 59.2. The Labute approximate surface area is 507 Å². The van der Waals surface area contributed by atoms with E-state index >= 15 is 0 Å². The SMILES string of the molecule is CC/C=C\C/C=C\C/C=C\C/C=C\C/C=C\C/C=C\CCCCC(=O)OC(COC(=O)CCCCCCC/C=C\C/C=C\CCCC)COC(=O)CCCCCCCCCCCCCCCCCCC/C=C\C/C=C\CCCCCCC. The lowest BCUT2D eigenvalue weighted by Gasteiger charge is -2.18. The fourth-order valence-electron chi connectivity index (χ4n) is 9.49. The molecule has 82 heavy (non-hydrogen) atoms. The fourth-order valence-corrected chi connectivity index (χ4v) is 9.49. The summed E-state index contributed by atoms with van der Waals surface area (Å²) in [6, 6.07) is 0. The Morgan fingerprint density at radius 2 is 0.488 bits per heavy atom. The molecule has 0 rings (SSSR count). The van der Waals surface area contributed by atoms with Gasteiger partial charge in [-0.3, -0.25) is 14.4 Å². The van der Waals surface area contributed by atoms with Gasteiger partial charge in [-0.25, -0.2) is 0 Å². The summed E-state index contributed by atoms with van der Waals surface area (Å²) in [5.74, 6) is -0.951. The highest BCUT2D eigenvalue weighted by atomic mass is 16.6. The van der Waals surface area contributed by atoms with E-state index in [0.717, 1.165) is 122 Å². The average molecular weight is 1140 g/mol. The lowest BCUT2D eigenvalue weighted by Crippen LogP contribution is -2.30. The molecule has 0 amide bonds. The van der Waals surface area contributed by atoms with Gasteiger partial charge in [0, 0.05) is 19.3 Å². The van der Waals surface area contributed by atoms with Gasteiger partial charge < -0.3 is 14.2 Å². The van der Waals surface area contributed by atoms with E-state index < -0.39 is 6.10 Å². The van der Waals surface area contributed by atoms with Crippen molar-refractivity contribution in [2.24, 2.45) is 0 Å². The van der Waals surface area contributed by atoms with Crippen molar-refractivity contribution in [3.63, 3.8) is 0 Å². The van der Waals surface area contributed by atoms with Crippen LogP contribution in [0.2, 0.25) is 0 Å². The van der Waals surface area contributed by atoms with Gasteiger partial charge in [-0.2, -0.15) is 0 Å². The summed E-state index contributed by atoms with van der Waals surface area (Å²) < 4.78 is 16.9. The van der Waals surface area contributed by atoms with Crippen molar-refractivity contribution in [2.75, 3.05) is 13.2 Å². The second kappa shape index (κ2) is 69.3. The average Bonchev–Trinajstić information content (AvgIpc) is 3.47. The molecule has 0 saturated carbocycles. The molecule has 1 unspecified atom stereocenters. The molecule has 0 heterocycles. The monoisotopic (exact) mass is 1140 g/mol. The second-order valence-corrected chi connectivity index (χ2v) is 22.7. The molecule has 6 nitrogen and oxygen atoms in total. The fraction of sp³-hybridized carbons (Fsp3) is 0.697. The summed E-state index contributed by atoms with van der Waals surface area (Å²) >= 11 is 0. The summed E-state index contributed by atoms with van der Waals surface area (Å²) in [5, 5.41) is 0. The van der Waals surface area contributed by atoms with E-state index in [9.17, 15) is 14.4 Å². The van der Waals surface area contributed by atoms with Crippen LogP contribution < -0.4 is 0 Å². The van der Waals surface area contributed by atoms with Crippen LogP contribution >= 0.6 is 0 Å². The standard InChI is InChI=1S/C76H128O6/c1-4-7-10-13-16-19-22-25-28-30-32-34-35-36-37-38-39-40-41-43-44-46-48-51-54-57-60-63-66-69-75(78)81-72-73(71-80-74(77)68-65-62-59-56-53-50-27-24-21-18-15-12-9-6-3)82-76(79)70-67-64-61-58-55-52-49-47-45-42-33-31-29-26-23-20-17-14-11-8-5-2/h8,11,15,17-18,20,22,24-27,29-30,32-33,42,47,49,55,58,73H,4-7,9-10,12-14,16,19,21,23,28,31,34-41,43-46,48,50-54,56-57,59-72H2,1-3H3/b11-8-,18-15-,20-17-,25-22-,27-24-,29-26-,32-30-,42-33-,49-47-,58-55-. The Kier molecular flexibility index (Phi) is 65.8. The van der Waals surface area contributed by atoms with Crippen molar-refractivity contribution in [3.05, 3.63) is 122 Å². The second-order valence-electron chi connectivity index (χ2n) is 22.7. The molecule has 0 radical (unpaired) electrons. The molecule has 6 heteroatoms. The van der Waals surface area contributed by atoms with Crippen molar-refractivity contribution >= 4 is 17.9 Å². The highest BCUT2D eigenvalue weighted by molar-refractivity contribution is 5.71. The number of rotatable bonds is 62. The number of esters is 3. The summed E-state index contributed by atoms with van der Waals surface area (Å²) in [6.45, 7) is 6.45. The Hall–Kier alpha value is -4.19. The first-order chi connectivity index (χ1) is 40.5. The van der Waals surface area contributed by atoms with Crippen LogP contribution in [-0.2, 0) is 28.6 Å². The van der Waals surface area contributed by atoms with Crippen molar-refractivity contribution in [1.29, 1.82) is 0 Å². The Bertz CT molecular complexity index is 1690. The van der Waals surface area contributed by atoms with Crippen LogP contribution in [0, 0.1) is 0 Å². The van der Waals surface area contributed by atoms with E-state index in [2.05, 4.69) is 142 Å². The van der Waals surface area contributed by atoms with Gasteiger partial charge >= 0.3 is 17.9 Å². The van der Waals surface area contributed by atoms with Crippen LogP contribution in [0.15, 0.2) is 122 Å². The van der Waals surface area contributed by atoms with E-state index in [-0.39, 0.29) is 37.5 Å². The van der Waals surface area contributed by atoms with E-state index in [0.29, 0.717) is 19.3 Å². The number of allylic oxidation sites excluding steroid dienone is 20. The summed E-state index contributed by atoms with van der Waals surface area (Å²) in [7, 11) is 0. The molecule has 0 aliphatic rings. The molecule has 0 aliphatic carbocycles. The first-order valence-corrected chi connectivity index (χ1v) is 34.5. The molecular formula is C76H128O6. The maximum absolute atomic E-state index is 12.9. The first kappa shape index (κ1) is 77.8. The van der Waals surface area contributed by atoms with E-state index in [1.807, 2.05) is 0 Å². The number of carbonyl (C=O) groups is 3. The third kappa shape index (κ3) is 66.6. The van der Waals surface area contributed by atoms with E-state index in [1.165, 1.54) is 154 Å². The summed E-state index contributed by atoms with van der Waals surface area (Å²) in [6.07, 6.45) is 96.5. The predicted molar refractivity (Wildman–Crippen MR) is 357 cm³/mol. The smallest absolute Gasteiger partial charge is 0.306 e. The lowest BCUT2D eigenvalue weighted by molar-refractivity contribution is -0.167. The summed E-state index contributed by atoms with van der Waals surface area (Å²) in [4.78, 5) is 38.4. The highest BCUT2D eigenvalue weighted by Gasteiger charge is 2.19. The third-order valence-electron chi connectivity index (χ3n) is 14.7. The van der Waals surface area contributed by atoms with Crippen LogP contribution in [0.25, 0.3) is 0 Å². The Morgan fingerprint density at radius 1 is 0.256 bits per heavy atom. The van der Waals surface area contributed by atoms with Crippen molar-refractivity contribution in [3.8, 4) is 0 Å². The van der Waals surface area contributed by atoms with Crippen molar-refractivity contribution in [2.45, 2.75) is 329 Å². The predicted octanol–water partition coefficient (Wildman–Crippen LogP) is 23.9. The molecule has 0 fully saturated rings. The van der Waals surface area contributed by atoms with E-state index in [1.54, 1.807) is 0 Å². The molecule has 0 N–H and O–H groups in total. The maximum atomic E-state index is 12.9. The van der Waals surface area contributed by atoms with Crippen molar-refractivity contribution in [1.82, 2.24) is 0 Å². The minimum Gasteiger partial charge on any atom is -0.462 e. The molecule has 0 aliphatic heterocycles. The van der Waals surface area contributed by atoms with Gasteiger partial charge in [0.25, 0.3) is 0 Å². The van der Waals surface area contributed by atoms with Crippen LogP contribution in [-0.4, -0.2) is 37.2 Å². The van der Waals surface area contributed by atoms with Gasteiger partial charge in [-0.05, 0) is 128 Å². The van der Waals surface area contributed by atoms with Crippen LogP contribution in [0.3, 0.4) is 0 Å². The number of carbonyl (C=O) groups excluding carboxylic acids is 3. The van der Waals surface area contributed by atoms with E-state index in [4.69, 9.17) is 14.2 Å². The third-order valence-corrected chi connectivity index (χ3v) is 14.7. The largest absolute Gasteiger partial charge is 0.462 e. The molecule has 0 spiro atoms. The topological polar surface area (TPSA) is 78.9 Å². The maximum Gasteiger partial charge on any atom is 0.306 e. The Morgan fingerprint density at radius 3 is 0.805 bits per heavy atom. The molecule has 0 aromatic rings. The van der Waals surface area contributed by atoms with Crippen LogP contribution in [0.1, 0.15) is 323 Å². The summed E-state index contributed by atoms with van der Waals surface area (Å²) in [5.41, 5.74) is 0. The molecular weight excluding hydrogens is 1010 g/mol. The first-order valence-electron chi connectivity index (χ1n) is 34.5. The molecule has 0 aromatic carbocycles. The number of hydrogen-bond acceptors (Lipinski definition) is 6. The van der Waals surface area contributed by atoms with Gasteiger partial charge in [-0.15, -0.1) is 0 Å². The quantitative estimate of drug-likeness (QED) is 0.0261. The number of hydrogen-bond donors (Lipinski definition) is 0. The van der Waals surface area contributed by atoms with Gasteiger partial charge in [-0.1, -0.05) is 296 Å². The zero-order valence-corrected chi connectivity index (χ0v) is 53.7. The molecule has 0 aromatic heterocycles. The van der Waals surface area contributed by atoms with Gasteiger partial charge in [0.05, 0.1) is 0 Å². The lowest BCUT2D eigenvalue weighted by atomic mass is 10.0. The zero-order valence-electron chi connectivity index (χ0n) is 53.7. The minimum absolute atomic E-state index is 0.101. The van der Waals surface area contributed by atoms with Crippen LogP contribution in [0.5, 0.6) is 0 Å². The number of ether oxygens (including phenoxy) is 3. The van der Waals surface area contributed by atoms with Gasteiger partial charge in [0.1, 0.15) is 13.2 Å². The van der Waals surface area contributed by atoms with Crippen molar-refractivity contribution < 1.29 is 28.6 Å². The molecule has 1 atom stereocenters.